The van der Waals surface area contributed by atoms with E-state index in [9.17, 15) is 8.42 Å². The average molecular weight is 347 g/mol. The average Bonchev–Trinajstić information content (AvgIpc) is 2.91. The monoisotopic (exact) mass is 346 g/mol. The molecule has 0 saturated heterocycles. The van der Waals surface area contributed by atoms with Gasteiger partial charge in [0.25, 0.3) is 10.0 Å². The van der Waals surface area contributed by atoms with Crippen LogP contribution >= 0.6 is 22.9 Å². The van der Waals surface area contributed by atoms with Crippen molar-refractivity contribution >= 4 is 38.6 Å². The van der Waals surface area contributed by atoms with Crippen molar-refractivity contribution in [2.24, 2.45) is 0 Å². The van der Waals surface area contributed by atoms with Crippen LogP contribution in [0.15, 0.2) is 33.9 Å². The van der Waals surface area contributed by atoms with E-state index in [1.54, 1.807) is 24.3 Å². The van der Waals surface area contributed by atoms with E-state index in [0.717, 1.165) is 5.56 Å². The van der Waals surface area contributed by atoms with E-state index in [2.05, 4.69) is 10.0 Å². The maximum absolute atomic E-state index is 12.3. The second kappa shape index (κ2) is 6.65. The standard InChI is InChI=1S/C13H15ClN2O3S2/c1-15-7-9-5-13(20-8-9)21(17,18)16-10-3-4-11(14)12(6-10)19-2/h3-6,8,15-16H,7H2,1-2H3. The summed E-state index contributed by atoms with van der Waals surface area (Å²) in [5, 5.41) is 5.22. The molecule has 0 aliphatic rings. The molecule has 1 aromatic carbocycles. The minimum atomic E-state index is -3.61. The molecule has 21 heavy (non-hydrogen) atoms. The number of benzene rings is 1. The summed E-state index contributed by atoms with van der Waals surface area (Å²) in [7, 11) is -0.322. The van der Waals surface area contributed by atoms with Crippen molar-refractivity contribution in [3.05, 3.63) is 40.2 Å². The third-order valence-corrected chi connectivity index (χ3v) is 5.86. The van der Waals surface area contributed by atoms with Gasteiger partial charge in [-0.05, 0) is 36.2 Å². The minimum Gasteiger partial charge on any atom is -0.495 e. The van der Waals surface area contributed by atoms with E-state index in [0.29, 0.717) is 23.0 Å². The largest absolute Gasteiger partial charge is 0.495 e. The molecular weight excluding hydrogens is 332 g/mol. The zero-order chi connectivity index (χ0) is 15.5. The molecule has 0 unspecified atom stereocenters. The Morgan fingerprint density at radius 2 is 2.10 bits per heavy atom. The van der Waals surface area contributed by atoms with Gasteiger partial charge in [-0.1, -0.05) is 11.6 Å². The number of nitrogens with one attached hydrogen (secondary N) is 2. The molecule has 114 valence electrons. The Labute approximate surface area is 133 Å². The van der Waals surface area contributed by atoms with E-state index in [-0.39, 0.29) is 4.21 Å². The Morgan fingerprint density at radius 3 is 2.76 bits per heavy atom. The molecule has 0 saturated carbocycles. The maximum Gasteiger partial charge on any atom is 0.271 e. The fourth-order valence-corrected chi connectivity index (χ4v) is 4.17. The minimum absolute atomic E-state index is 0.265. The van der Waals surface area contributed by atoms with Crippen LogP contribution in [0.1, 0.15) is 5.56 Å². The summed E-state index contributed by atoms with van der Waals surface area (Å²) in [6.07, 6.45) is 0. The van der Waals surface area contributed by atoms with E-state index in [1.165, 1.54) is 18.4 Å². The van der Waals surface area contributed by atoms with Crippen LogP contribution < -0.4 is 14.8 Å². The molecule has 0 atom stereocenters. The quantitative estimate of drug-likeness (QED) is 0.844. The lowest BCUT2D eigenvalue weighted by Gasteiger charge is -2.09. The number of ether oxygens (including phenoxy) is 1. The number of hydrogen-bond acceptors (Lipinski definition) is 5. The summed E-state index contributed by atoms with van der Waals surface area (Å²) in [5.74, 6) is 0.416. The van der Waals surface area contributed by atoms with Gasteiger partial charge in [-0.15, -0.1) is 11.3 Å². The Balaban J connectivity index is 2.24. The van der Waals surface area contributed by atoms with Crippen molar-refractivity contribution < 1.29 is 13.2 Å². The summed E-state index contributed by atoms with van der Waals surface area (Å²) in [4.78, 5) is 0. The topological polar surface area (TPSA) is 67.4 Å². The van der Waals surface area contributed by atoms with Gasteiger partial charge in [0.15, 0.2) is 0 Å². The van der Waals surface area contributed by atoms with Crippen molar-refractivity contribution in [1.29, 1.82) is 0 Å². The van der Waals surface area contributed by atoms with Gasteiger partial charge in [0.05, 0.1) is 17.8 Å². The lowest BCUT2D eigenvalue weighted by Crippen LogP contribution is -2.11. The van der Waals surface area contributed by atoms with Crippen LogP contribution in [0.25, 0.3) is 0 Å². The zero-order valence-corrected chi connectivity index (χ0v) is 13.9. The van der Waals surface area contributed by atoms with Crippen LogP contribution in [-0.2, 0) is 16.6 Å². The molecule has 0 bridgehead atoms. The number of hydrogen-bond donors (Lipinski definition) is 2. The number of rotatable bonds is 6. The number of halogens is 1. The Bertz CT molecular complexity index is 729. The lowest BCUT2D eigenvalue weighted by atomic mass is 10.3. The van der Waals surface area contributed by atoms with E-state index >= 15 is 0 Å². The van der Waals surface area contributed by atoms with E-state index in [4.69, 9.17) is 16.3 Å². The Hall–Kier alpha value is -1.28. The van der Waals surface area contributed by atoms with Gasteiger partial charge in [-0.2, -0.15) is 0 Å². The summed E-state index contributed by atoms with van der Waals surface area (Å²) < 4.78 is 32.5. The molecule has 0 spiro atoms. The molecule has 5 nitrogen and oxygen atoms in total. The second-order valence-corrected chi connectivity index (χ2v) is 7.49. The third-order valence-electron chi connectivity index (χ3n) is 2.68. The molecule has 0 radical (unpaired) electrons. The van der Waals surface area contributed by atoms with Crippen LogP contribution in [0.2, 0.25) is 5.02 Å². The smallest absolute Gasteiger partial charge is 0.271 e. The van der Waals surface area contributed by atoms with Crippen LogP contribution in [0.4, 0.5) is 5.69 Å². The molecule has 2 N–H and O–H groups in total. The SMILES string of the molecule is CNCc1csc(S(=O)(=O)Nc2ccc(Cl)c(OC)c2)c1. The first-order chi connectivity index (χ1) is 9.96. The number of anilines is 1. The molecule has 0 aliphatic heterocycles. The second-order valence-electron chi connectivity index (χ2n) is 4.26. The van der Waals surface area contributed by atoms with E-state index < -0.39 is 10.0 Å². The fourth-order valence-electron chi connectivity index (χ4n) is 1.72. The van der Waals surface area contributed by atoms with Crippen molar-refractivity contribution in [1.82, 2.24) is 5.32 Å². The molecule has 1 heterocycles. The predicted octanol–water partition coefficient (Wildman–Crippen LogP) is 2.93. The van der Waals surface area contributed by atoms with Crippen molar-refractivity contribution in [2.75, 3.05) is 18.9 Å². The third kappa shape index (κ3) is 3.88. The number of methoxy groups -OCH3 is 1. The molecule has 0 amide bonds. The maximum atomic E-state index is 12.3. The van der Waals surface area contributed by atoms with Crippen LogP contribution in [0.5, 0.6) is 5.75 Å². The molecule has 2 aromatic rings. The summed E-state index contributed by atoms with van der Waals surface area (Å²) in [5.41, 5.74) is 1.33. The highest BCUT2D eigenvalue weighted by atomic mass is 35.5. The molecule has 0 aliphatic carbocycles. The number of thiophene rings is 1. The van der Waals surface area contributed by atoms with Crippen LogP contribution in [0.3, 0.4) is 0 Å². The van der Waals surface area contributed by atoms with Gasteiger partial charge in [0, 0.05) is 12.6 Å². The Morgan fingerprint density at radius 1 is 1.33 bits per heavy atom. The first-order valence-corrected chi connectivity index (χ1v) is 8.78. The summed E-state index contributed by atoms with van der Waals surface area (Å²) in [6.45, 7) is 0.626. The van der Waals surface area contributed by atoms with Crippen molar-refractivity contribution in [3.63, 3.8) is 0 Å². The van der Waals surface area contributed by atoms with Gasteiger partial charge >= 0.3 is 0 Å². The first-order valence-electron chi connectivity index (χ1n) is 6.04. The highest BCUT2D eigenvalue weighted by Gasteiger charge is 2.17. The zero-order valence-electron chi connectivity index (χ0n) is 11.5. The Kier molecular flexibility index (Phi) is 5.10. The van der Waals surface area contributed by atoms with Crippen molar-refractivity contribution in [2.45, 2.75) is 10.8 Å². The number of sulfonamides is 1. The first kappa shape index (κ1) is 16.1. The summed E-state index contributed by atoms with van der Waals surface area (Å²) >= 11 is 7.10. The van der Waals surface area contributed by atoms with Gasteiger partial charge < -0.3 is 10.1 Å². The van der Waals surface area contributed by atoms with Gasteiger partial charge in [-0.25, -0.2) is 8.42 Å². The van der Waals surface area contributed by atoms with Crippen LogP contribution in [-0.4, -0.2) is 22.6 Å². The van der Waals surface area contributed by atoms with Gasteiger partial charge in [0.2, 0.25) is 0 Å². The van der Waals surface area contributed by atoms with Crippen LogP contribution in [0, 0.1) is 0 Å². The molecular formula is C13H15ClN2O3S2. The fraction of sp³-hybridized carbons (Fsp3) is 0.231. The van der Waals surface area contributed by atoms with Gasteiger partial charge in [-0.3, -0.25) is 4.72 Å². The molecule has 8 heteroatoms. The highest BCUT2D eigenvalue weighted by Crippen LogP contribution is 2.29. The predicted molar refractivity (Wildman–Crippen MR) is 85.9 cm³/mol. The summed E-state index contributed by atoms with van der Waals surface area (Å²) in [6, 6.07) is 6.36. The normalized spacial score (nSPS) is 11.4. The molecule has 2 rings (SSSR count). The van der Waals surface area contributed by atoms with Gasteiger partial charge in [0.1, 0.15) is 9.96 Å². The molecule has 0 fully saturated rings. The van der Waals surface area contributed by atoms with Crippen molar-refractivity contribution in [3.8, 4) is 5.75 Å². The highest BCUT2D eigenvalue weighted by molar-refractivity contribution is 7.94. The lowest BCUT2D eigenvalue weighted by molar-refractivity contribution is 0.415. The van der Waals surface area contributed by atoms with E-state index in [1.807, 2.05) is 12.4 Å². The molecule has 1 aromatic heterocycles.